The summed E-state index contributed by atoms with van der Waals surface area (Å²) in [6.45, 7) is 0.668. The quantitative estimate of drug-likeness (QED) is 0.513. The van der Waals surface area contributed by atoms with Gasteiger partial charge in [0.25, 0.3) is 0 Å². The Morgan fingerprint density at radius 2 is 2.10 bits per heavy atom. The molecule has 0 amide bonds. The molecule has 2 N–H and O–H groups in total. The zero-order chi connectivity index (χ0) is 6.81. The van der Waals surface area contributed by atoms with Crippen molar-refractivity contribution in [3.63, 3.8) is 0 Å². The van der Waals surface area contributed by atoms with Crippen LogP contribution < -0.4 is 10.9 Å². The molecule has 2 aliphatic rings. The van der Waals surface area contributed by atoms with E-state index in [1.807, 2.05) is 0 Å². The number of hydrogen-bond acceptors (Lipinski definition) is 3. The summed E-state index contributed by atoms with van der Waals surface area (Å²) in [4.78, 5) is 0. The van der Waals surface area contributed by atoms with Gasteiger partial charge in [0.1, 0.15) is 6.73 Å². The van der Waals surface area contributed by atoms with Crippen LogP contribution in [0.25, 0.3) is 0 Å². The van der Waals surface area contributed by atoms with Crippen molar-refractivity contribution in [2.75, 3.05) is 6.73 Å². The van der Waals surface area contributed by atoms with E-state index in [-0.39, 0.29) is 0 Å². The van der Waals surface area contributed by atoms with Crippen molar-refractivity contribution in [1.82, 2.24) is 10.9 Å². The summed E-state index contributed by atoms with van der Waals surface area (Å²) in [5, 5.41) is 0. The maximum Gasteiger partial charge on any atom is 0.109 e. The van der Waals surface area contributed by atoms with Gasteiger partial charge in [-0.3, -0.25) is 5.43 Å². The van der Waals surface area contributed by atoms with Gasteiger partial charge in [-0.1, -0.05) is 12.8 Å². The SMILES string of the molecule is C1CCC2OCNNC2C1. The van der Waals surface area contributed by atoms with Gasteiger partial charge in [-0.2, -0.15) is 0 Å². The lowest BCUT2D eigenvalue weighted by atomic mass is 9.93. The highest BCUT2D eigenvalue weighted by atomic mass is 16.5. The summed E-state index contributed by atoms with van der Waals surface area (Å²) in [6.07, 6.45) is 5.66. The minimum Gasteiger partial charge on any atom is -0.360 e. The minimum absolute atomic E-state index is 0.481. The Balaban J connectivity index is 1.93. The second kappa shape index (κ2) is 2.86. The Bertz CT molecular complexity index is 92.2. The first kappa shape index (κ1) is 6.58. The lowest BCUT2D eigenvalue weighted by molar-refractivity contribution is -0.0517. The van der Waals surface area contributed by atoms with Gasteiger partial charge in [-0.25, -0.2) is 5.43 Å². The summed E-state index contributed by atoms with van der Waals surface area (Å²) >= 11 is 0. The molecule has 1 saturated heterocycles. The van der Waals surface area contributed by atoms with Crippen molar-refractivity contribution in [3.05, 3.63) is 0 Å². The molecule has 10 heavy (non-hydrogen) atoms. The van der Waals surface area contributed by atoms with E-state index in [2.05, 4.69) is 10.9 Å². The second-order valence-corrected chi connectivity index (χ2v) is 3.06. The van der Waals surface area contributed by atoms with E-state index in [1.54, 1.807) is 0 Å². The van der Waals surface area contributed by atoms with Crippen LogP contribution in [-0.2, 0) is 4.74 Å². The normalized spacial score (nSPS) is 40.8. The highest BCUT2D eigenvalue weighted by Gasteiger charge is 2.27. The first-order valence-electron chi connectivity index (χ1n) is 4.07. The summed E-state index contributed by atoms with van der Waals surface area (Å²) in [7, 11) is 0. The molecule has 2 rings (SSSR count). The van der Waals surface area contributed by atoms with Crippen LogP contribution in [-0.4, -0.2) is 18.9 Å². The van der Waals surface area contributed by atoms with Crippen molar-refractivity contribution in [3.8, 4) is 0 Å². The van der Waals surface area contributed by atoms with E-state index in [4.69, 9.17) is 4.74 Å². The average molecular weight is 142 g/mol. The Morgan fingerprint density at radius 1 is 1.20 bits per heavy atom. The van der Waals surface area contributed by atoms with Crippen molar-refractivity contribution in [1.29, 1.82) is 0 Å². The molecule has 2 atom stereocenters. The second-order valence-electron chi connectivity index (χ2n) is 3.06. The predicted octanol–water partition coefficient (Wildman–Crippen LogP) is 0.379. The van der Waals surface area contributed by atoms with Crippen LogP contribution in [0.2, 0.25) is 0 Å². The zero-order valence-corrected chi connectivity index (χ0v) is 6.10. The molecule has 2 unspecified atom stereocenters. The lowest BCUT2D eigenvalue weighted by Gasteiger charge is -2.36. The Kier molecular flexibility index (Phi) is 1.88. The molecule has 0 aromatic carbocycles. The molecule has 1 saturated carbocycles. The van der Waals surface area contributed by atoms with Crippen LogP contribution in [0.4, 0.5) is 0 Å². The van der Waals surface area contributed by atoms with Crippen LogP contribution in [0, 0.1) is 0 Å². The van der Waals surface area contributed by atoms with Crippen LogP contribution in [0.15, 0.2) is 0 Å². The summed E-state index contributed by atoms with van der Waals surface area (Å²) in [5.41, 5.74) is 6.26. The molecular weight excluding hydrogens is 128 g/mol. The van der Waals surface area contributed by atoms with Crippen molar-refractivity contribution < 1.29 is 4.74 Å². The fourth-order valence-corrected chi connectivity index (χ4v) is 1.78. The summed E-state index contributed by atoms with van der Waals surface area (Å²) in [5.74, 6) is 0. The van der Waals surface area contributed by atoms with E-state index in [0.29, 0.717) is 18.9 Å². The lowest BCUT2D eigenvalue weighted by Crippen LogP contribution is -2.56. The number of nitrogens with one attached hydrogen (secondary N) is 2. The molecular formula is C7H14N2O. The highest BCUT2D eigenvalue weighted by Crippen LogP contribution is 2.21. The van der Waals surface area contributed by atoms with Crippen molar-refractivity contribution in [2.45, 2.75) is 37.8 Å². The summed E-state index contributed by atoms with van der Waals surface area (Å²) in [6, 6.07) is 0.572. The number of ether oxygens (including phenoxy) is 1. The molecule has 0 aromatic heterocycles. The molecule has 1 heterocycles. The Hall–Kier alpha value is -0.120. The van der Waals surface area contributed by atoms with Gasteiger partial charge in [0.2, 0.25) is 0 Å². The molecule has 1 aliphatic carbocycles. The predicted molar refractivity (Wildman–Crippen MR) is 38.3 cm³/mol. The molecule has 0 spiro atoms. The van der Waals surface area contributed by atoms with Crippen LogP contribution in [0.5, 0.6) is 0 Å². The van der Waals surface area contributed by atoms with Gasteiger partial charge in [0.05, 0.1) is 6.10 Å². The van der Waals surface area contributed by atoms with Crippen molar-refractivity contribution >= 4 is 0 Å². The maximum atomic E-state index is 5.51. The number of hydrogen-bond donors (Lipinski definition) is 2. The van der Waals surface area contributed by atoms with Gasteiger partial charge < -0.3 is 4.74 Å². The number of hydrazine groups is 1. The Morgan fingerprint density at radius 3 is 3.00 bits per heavy atom. The maximum absolute atomic E-state index is 5.51. The van der Waals surface area contributed by atoms with Crippen LogP contribution in [0.1, 0.15) is 25.7 Å². The molecule has 3 heteroatoms. The third-order valence-corrected chi connectivity index (χ3v) is 2.36. The summed E-state index contributed by atoms with van der Waals surface area (Å²) < 4.78 is 5.51. The largest absolute Gasteiger partial charge is 0.360 e. The monoisotopic (exact) mass is 142 g/mol. The minimum atomic E-state index is 0.481. The zero-order valence-electron chi connectivity index (χ0n) is 6.10. The molecule has 0 bridgehead atoms. The van der Waals surface area contributed by atoms with E-state index in [9.17, 15) is 0 Å². The molecule has 1 aliphatic heterocycles. The van der Waals surface area contributed by atoms with Crippen molar-refractivity contribution in [2.24, 2.45) is 0 Å². The van der Waals surface area contributed by atoms with Crippen LogP contribution in [0.3, 0.4) is 0 Å². The molecule has 0 radical (unpaired) electrons. The third-order valence-electron chi connectivity index (χ3n) is 2.36. The van der Waals surface area contributed by atoms with Crippen LogP contribution >= 0.6 is 0 Å². The van der Waals surface area contributed by atoms with E-state index >= 15 is 0 Å². The average Bonchev–Trinajstić information content (AvgIpc) is 2.05. The van der Waals surface area contributed by atoms with Gasteiger partial charge in [0.15, 0.2) is 0 Å². The standard InChI is InChI=1S/C7H14N2O/c1-2-4-7-6(3-1)9-8-5-10-7/h6-9H,1-5H2. The highest BCUT2D eigenvalue weighted by molar-refractivity contribution is 4.81. The number of fused-ring (bicyclic) bond motifs is 1. The van der Waals surface area contributed by atoms with Gasteiger partial charge in [0, 0.05) is 6.04 Å². The first-order chi connectivity index (χ1) is 4.97. The van der Waals surface area contributed by atoms with E-state index < -0.39 is 0 Å². The first-order valence-corrected chi connectivity index (χ1v) is 4.07. The van der Waals surface area contributed by atoms with E-state index in [0.717, 1.165) is 0 Å². The molecule has 58 valence electrons. The number of rotatable bonds is 0. The fraction of sp³-hybridized carbons (Fsp3) is 1.00. The topological polar surface area (TPSA) is 33.3 Å². The van der Waals surface area contributed by atoms with Gasteiger partial charge in [-0.05, 0) is 12.8 Å². The fourth-order valence-electron chi connectivity index (χ4n) is 1.78. The Labute approximate surface area is 61.1 Å². The molecule has 2 fully saturated rings. The van der Waals surface area contributed by atoms with E-state index in [1.165, 1.54) is 25.7 Å². The van der Waals surface area contributed by atoms with Gasteiger partial charge in [-0.15, -0.1) is 0 Å². The smallest absolute Gasteiger partial charge is 0.109 e. The van der Waals surface area contributed by atoms with Gasteiger partial charge >= 0.3 is 0 Å². The third kappa shape index (κ3) is 1.17. The molecule has 3 nitrogen and oxygen atoms in total. The molecule has 0 aromatic rings.